The van der Waals surface area contributed by atoms with Crippen LogP contribution in [-0.4, -0.2) is 69.6 Å². The number of piperazine rings is 1. The molecule has 8 nitrogen and oxygen atoms in total. The second kappa shape index (κ2) is 10.9. The van der Waals surface area contributed by atoms with E-state index in [1.807, 2.05) is 19.2 Å². The smallest absolute Gasteiger partial charge is 0.194 e. The lowest BCUT2D eigenvalue weighted by Gasteiger charge is -2.36. The van der Waals surface area contributed by atoms with Crippen molar-refractivity contribution < 1.29 is 4.52 Å². The SMILES string of the molecule is CCNC(=NCCc1cn2cccc(C)c2n1)N1CCN(Cc2cc(C)on2)CC1.I. The number of aromatic nitrogens is 3. The van der Waals surface area contributed by atoms with E-state index in [0.29, 0.717) is 0 Å². The Labute approximate surface area is 200 Å². The quantitative estimate of drug-likeness (QED) is 0.296. The molecular formula is C22H32IN7O. The van der Waals surface area contributed by atoms with Gasteiger partial charge in [-0.05, 0) is 32.4 Å². The molecule has 3 aromatic heterocycles. The van der Waals surface area contributed by atoms with Gasteiger partial charge in [0.15, 0.2) is 5.96 Å². The molecule has 168 valence electrons. The minimum absolute atomic E-state index is 0. The highest BCUT2D eigenvalue weighted by Crippen LogP contribution is 2.11. The van der Waals surface area contributed by atoms with Crippen LogP contribution in [0.5, 0.6) is 0 Å². The van der Waals surface area contributed by atoms with Crippen LogP contribution in [0, 0.1) is 13.8 Å². The molecule has 0 saturated carbocycles. The summed E-state index contributed by atoms with van der Waals surface area (Å²) in [5.74, 6) is 1.86. The van der Waals surface area contributed by atoms with Crippen LogP contribution in [0.25, 0.3) is 5.65 Å². The van der Waals surface area contributed by atoms with E-state index in [0.717, 1.165) is 81.0 Å². The second-order valence-corrected chi connectivity index (χ2v) is 7.83. The Morgan fingerprint density at radius 3 is 2.68 bits per heavy atom. The number of hydrogen-bond donors (Lipinski definition) is 1. The lowest BCUT2D eigenvalue weighted by atomic mass is 10.3. The Bertz CT molecular complexity index is 1000. The van der Waals surface area contributed by atoms with E-state index < -0.39 is 0 Å². The standard InChI is InChI=1S/C22H31N7O.HI/c1-4-23-22(24-8-7-19-16-29-9-5-6-17(2)21(29)25-19)28-12-10-27(11-13-28)15-20-14-18(3)30-26-20;/h5-6,9,14,16H,4,7-8,10-13,15H2,1-3H3,(H,23,24);1H. The third-order valence-electron chi connectivity index (χ3n) is 5.43. The molecule has 1 fully saturated rings. The zero-order chi connectivity index (χ0) is 20.9. The monoisotopic (exact) mass is 537 g/mol. The number of aryl methyl sites for hydroxylation is 2. The van der Waals surface area contributed by atoms with Gasteiger partial charge < -0.3 is 19.1 Å². The van der Waals surface area contributed by atoms with Crippen molar-refractivity contribution in [3.63, 3.8) is 0 Å². The molecule has 1 N–H and O–H groups in total. The van der Waals surface area contributed by atoms with Gasteiger partial charge in [-0.15, -0.1) is 24.0 Å². The molecule has 0 spiro atoms. The fourth-order valence-corrected chi connectivity index (χ4v) is 3.87. The van der Waals surface area contributed by atoms with Gasteiger partial charge in [-0.25, -0.2) is 4.98 Å². The molecule has 4 heterocycles. The van der Waals surface area contributed by atoms with Crippen molar-refractivity contribution in [1.82, 2.24) is 29.7 Å². The third-order valence-corrected chi connectivity index (χ3v) is 5.43. The zero-order valence-corrected chi connectivity index (χ0v) is 20.9. The van der Waals surface area contributed by atoms with Crippen LogP contribution >= 0.6 is 24.0 Å². The van der Waals surface area contributed by atoms with Crippen LogP contribution in [0.4, 0.5) is 0 Å². The van der Waals surface area contributed by atoms with Crippen molar-refractivity contribution in [3.8, 4) is 0 Å². The number of nitrogens with one attached hydrogen (secondary N) is 1. The summed E-state index contributed by atoms with van der Waals surface area (Å²) in [5.41, 5.74) is 4.31. The van der Waals surface area contributed by atoms with Crippen LogP contribution in [-0.2, 0) is 13.0 Å². The summed E-state index contributed by atoms with van der Waals surface area (Å²) in [6, 6.07) is 6.16. The van der Waals surface area contributed by atoms with Crippen molar-refractivity contribution in [2.75, 3.05) is 39.3 Å². The summed E-state index contributed by atoms with van der Waals surface area (Å²) in [6.45, 7) is 12.5. The molecule has 0 aromatic carbocycles. The summed E-state index contributed by atoms with van der Waals surface area (Å²) >= 11 is 0. The predicted molar refractivity (Wildman–Crippen MR) is 133 cm³/mol. The molecule has 1 aliphatic heterocycles. The van der Waals surface area contributed by atoms with Crippen molar-refractivity contribution >= 4 is 35.6 Å². The topological polar surface area (TPSA) is 74.2 Å². The lowest BCUT2D eigenvalue weighted by molar-refractivity contribution is 0.169. The summed E-state index contributed by atoms with van der Waals surface area (Å²) in [7, 11) is 0. The number of halogens is 1. The average Bonchev–Trinajstić information content (AvgIpc) is 3.34. The normalized spacial score (nSPS) is 15.3. The molecule has 1 aliphatic rings. The third kappa shape index (κ3) is 5.97. The zero-order valence-electron chi connectivity index (χ0n) is 18.5. The first kappa shape index (κ1) is 23.5. The fraction of sp³-hybridized carbons (Fsp3) is 0.500. The van der Waals surface area contributed by atoms with Crippen molar-refractivity contribution in [2.45, 2.75) is 33.7 Å². The van der Waals surface area contributed by atoms with Crippen LogP contribution < -0.4 is 5.32 Å². The van der Waals surface area contributed by atoms with Gasteiger partial charge in [-0.3, -0.25) is 9.89 Å². The summed E-state index contributed by atoms with van der Waals surface area (Å²) in [6.07, 6.45) is 4.99. The number of nitrogens with zero attached hydrogens (tertiary/aromatic N) is 6. The molecule has 0 bridgehead atoms. The molecule has 4 rings (SSSR count). The van der Waals surface area contributed by atoms with E-state index in [9.17, 15) is 0 Å². The Morgan fingerprint density at radius 2 is 2.00 bits per heavy atom. The van der Waals surface area contributed by atoms with Gasteiger partial charge in [0.25, 0.3) is 0 Å². The minimum Gasteiger partial charge on any atom is -0.361 e. The van der Waals surface area contributed by atoms with Crippen LogP contribution in [0.1, 0.15) is 29.6 Å². The maximum Gasteiger partial charge on any atom is 0.194 e. The van der Waals surface area contributed by atoms with E-state index >= 15 is 0 Å². The number of imidazole rings is 1. The van der Waals surface area contributed by atoms with Gasteiger partial charge in [-0.2, -0.15) is 0 Å². The molecule has 0 aliphatic carbocycles. The number of hydrogen-bond acceptors (Lipinski definition) is 5. The number of aliphatic imine (C=N–C) groups is 1. The van der Waals surface area contributed by atoms with E-state index in [-0.39, 0.29) is 24.0 Å². The van der Waals surface area contributed by atoms with Gasteiger partial charge in [0, 0.05) is 70.7 Å². The first-order chi connectivity index (χ1) is 14.6. The second-order valence-electron chi connectivity index (χ2n) is 7.83. The van der Waals surface area contributed by atoms with Gasteiger partial charge in [0.2, 0.25) is 0 Å². The summed E-state index contributed by atoms with van der Waals surface area (Å²) in [5, 5.41) is 7.56. The molecular weight excluding hydrogens is 505 g/mol. The van der Waals surface area contributed by atoms with Gasteiger partial charge in [0.1, 0.15) is 11.4 Å². The molecule has 0 atom stereocenters. The van der Waals surface area contributed by atoms with Gasteiger partial charge in [0.05, 0.1) is 11.4 Å². The van der Waals surface area contributed by atoms with E-state index in [1.165, 1.54) is 5.56 Å². The number of guanidine groups is 1. The largest absolute Gasteiger partial charge is 0.361 e. The maximum atomic E-state index is 5.18. The minimum atomic E-state index is 0. The molecule has 3 aromatic rings. The van der Waals surface area contributed by atoms with Gasteiger partial charge >= 0.3 is 0 Å². The van der Waals surface area contributed by atoms with Crippen LogP contribution in [0.15, 0.2) is 40.1 Å². The highest BCUT2D eigenvalue weighted by atomic mass is 127. The Morgan fingerprint density at radius 1 is 1.19 bits per heavy atom. The summed E-state index contributed by atoms with van der Waals surface area (Å²) in [4.78, 5) is 14.4. The van der Waals surface area contributed by atoms with E-state index in [2.05, 4.69) is 56.9 Å². The molecule has 31 heavy (non-hydrogen) atoms. The first-order valence-corrected chi connectivity index (χ1v) is 10.7. The molecule has 0 radical (unpaired) electrons. The van der Waals surface area contributed by atoms with Gasteiger partial charge in [-0.1, -0.05) is 11.2 Å². The number of fused-ring (bicyclic) bond motifs is 1. The molecule has 0 unspecified atom stereocenters. The molecule has 0 amide bonds. The fourth-order valence-electron chi connectivity index (χ4n) is 3.87. The Balaban J connectivity index is 0.00000272. The van der Waals surface area contributed by atoms with Crippen LogP contribution in [0.3, 0.4) is 0 Å². The number of pyridine rings is 1. The average molecular weight is 537 g/mol. The van der Waals surface area contributed by atoms with Crippen molar-refractivity contribution in [3.05, 3.63) is 53.3 Å². The highest BCUT2D eigenvalue weighted by molar-refractivity contribution is 14.0. The lowest BCUT2D eigenvalue weighted by Crippen LogP contribution is -2.52. The Hall–Kier alpha value is -2.14. The number of rotatable bonds is 6. The molecule has 1 saturated heterocycles. The van der Waals surface area contributed by atoms with Crippen LogP contribution in [0.2, 0.25) is 0 Å². The maximum absolute atomic E-state index is 5.18. The van der Waals surface area contributed by atoms with Crippen molar-refractivity contribution in [2.24, 2.45) is 4.99 Å². The molecule has 9 heteroatoms. The summed E-state index contributed by atoms with van der Waals surface area (Å²) < 4.78 is 7.27. The van der Waals surface area contributed by atoms with E-state index in [4.69, 9.17) is 14.5 Å². The van der Waals surface area contributed by atoms with E-state index in [1.54, 1.807) is 0 Å². The van der Waals surface area contributed by atoms with Crippen molar-refractivity contribution in [1.29, 1.82) is 0 Å². The predicted octanol–water partition coefficient (Wildman–Crippen LogP) is 2.88. The first-order valence-electron chi connectivity index (χ1n) is 10.7. The Kier molecular flexibility index (Phi) is 8.30. The highest BCUT2D eigenvalue weighted by Gasteiger charge is 2.20.